The molecule has 1 aromatic carbocycles. The number of carbonyl (C=O) groups excluding carboxylic acids is 1. The fourth-order valence-electron chi connectivity index (χ4n) is 1.90. The van der Waals surface area contributed by atoms with Gasteiger partial charge >= 0.3 is 5.97 Å². The molecule has 0 unspecified atom stereocenters. The number of hydrogen-bond acceptors (Lipinski definition) is 6. The van der Waals surface area contributed by atoms with E-state index < -0.39 is 16.0 Å². The van der Waals surface area contributed by atoms with Gasteiger partial charge in [-0.05, 0) is 36.8 Å². The van der Waals surface area contributed by atoms with E-state index in [1.54, 1.807) is 37.4 Å². The third kappa shape index (κ3) is 4.51. The molecule has 0 atom stereocenters. The predicted molar refractivity (Wildman–Crippen MR) is 85.3 cm³/mol. The van der Waals surface area contributed by atoms with E-state index in [0.29, 0.717) is 17.9 Å². The molecule has 0 aliphatic heterocycles. The number of pyridine rings is 1. The van der Waals surface area contributed by atoms with Crippen LogP contribution in [0.3, 0.4) is 0 Å². The largest absolute Gasteiger partial charge is 0.462 e. The smallest absolute Gasteiger partial charge is 0.341 e. The second-order valence-corrected chi connectivity index (χ2v) is 6.22. The van der Waals surface area contributed by atoms with Crippen molar-refractivity contribution in [2.75, 3.05) is 11.9 Å². The molecule has 3 N–H and O–H groups in total. The van der Waals surface area contributed by atoms with Crippen LogP contribution in [0.5, 0.6) is 0 Å². The van der Waals surface area contributed by atoms with Crippen molar-refractivity contribution < 1.29 is 17.9 Å². The number of hydrogen-bond donors (Lipinski definition) is 2. The van der Waals surface area contributed by atoms with E-state index in [0.717, 1.165) is 5.56 Å². The summed E-state index contributed by atoms with van der Waals surface area (Å²) < 4.78 is 27.4. The van der Waals surface area contributed by atoms with Gasteiger partial charge in [0.05, 0.1) is 11.5 Å². The molecule has 0 saturated heterocycles. The minimum Gasteiger partial charge on any atom is -0.462 e. The zero-order valence-electron chi connectivity index (χ0n) is 12.5. The second-order valence-electron chi connectivity index (χ2n) is 4.66. The van der Waals surface area contributed by atoms with Crippen molar-refractivity contribution in [3.63, 3.8) is 0 Å². The highest BCUT2D eigenvalue weighted by Gasteiger charge is 2.13. The van der Waals surface area contributed by atoms with E-state index in [1.165, 1.54) is 12.1 Å². The number of nitrogens with two attached hydrogens (primary N) is 1. The molecule has 1 heterocycles. The number of primary sulfonamides is 1. The first-order valence-electron chi connectivity index (χ1n) is 6.89. The third-order valence-corrected chi connectivity index (χ3v) is 3.94. The highest BCUT2D eigenvalue weighted by molar-refractivity contribution is 7.89. The molecule has 2 aromatic rings. The highest BCUT2D eigenvalue weighted by Crippen LogP contribution is 2.15. The summed E-state index contributed by atoms with van der Waals surface area (Å²) in [5, 5.41) is 8.08. The Kier molecular flexibility index (Phi) is 5.30. The quantitative estimate of drug-likeness (QED) is 0.774. The van der Waals surface area contributed by atoms with Gasteiger partial charge in [-0.15, -0.1) is 0 Å². The average molecular weight is 335 g/mol. The molecule has 0 fully saturated rings. The molecule has 1 aromatic heterocycles. The minimum absolute atomic E-state index is 0.0475. The number of ether oxygens (including phenoxy) is 1. The van der Waals surface area contributed by atoms with Crippen molar-refractivity contribution in [3.8, 4) is 0 Å². The maximum absolute atomic E-state index is 11.8. The fraction of sp³-hybridized carbons (Fsp3) is 0.200. The molecule has 7 nitrogen and oxygen atoms in total. The third-order valence-electron chi connectivity index (χ3n) is 3.01. The highest BCUT2D eigenvalue weighted by atomic mass is 32.2. The second kappa shape index (κ2) is 7.21. The number of esters is 1. The van der Waals surface area contributed by atoms with Crippen LogP contribution in [0.2, 0.25) is 0 Å². The van der Waals surface area contributed by atoms with Crippen molar-refractivity contribution in [3.05, 3.63) is 53.7 Å². The molecule has 2 rings (SSSR count). The van der Waals surface area contributed by atoms with Gasteiger partial charge in [-0.2, -0.15) is 0 Å². The summed E-state index contributed by atoms with van der Waals surface area (Å²) in [6, 6.07) is 9.41. The Morgan fingerprint density at radius 2 is 1.96 bits per heavy atom. The van der Waals surface area contributed by atoms with Gasteiger partial charge in [-0.25, -0.2) is 23.3 Å². The Bertz CT molecular complexity index is 789. The van der Waals surface area contributed by atoms with E-state index in [9.17, 15) is 13.2 Å². The van der Waals surface area contributed by atoms with Crippen LogP contribution >= 0.6 is 0 Å². The molecule has 8 heteroatoms. The molecule has 23 heavy (non-hydrogen) atoms. The molecule has 0 aliphatic carbocycles. The lowest BCUT2D eigenvalue weighted by molar-refractivity contribution is 0.0527. The van der Waals surface area contributed by atoms with E-state index in [1.807, 2.05) is 0 Å². The molecule has 0 amide bonds. The molecular formula is C15H17N3O4S. The number of aromatic nitrogens is 1. The number of carbonyl (C=O) groups is 1. The van der Waals surface area contributed by atoms with Gasteiger partial charge < -0.3 is 10.1 Å². The van der Waals surface area contributed by atoms with Gasteiger partial charge in [0.1, 0.15) is 11.4 Å². The summed E-state index contributed by atoms with van der Waals surface area (Å²) in [7, 11) is -3.70. The lowest BCUT2D eigenvalue weighted by atomic mass is 10.2. The summed E-state index contributed by atoms with van der Waals surface area (Å²) >= 11 is 0. The molecule has 0 bridgehead atoms. The fourth-order valence-corrected chi connectivity index (χ4v) is 2.42. The van der Waals surface area contributed by atoms with Gasteiger partial charge in [0.15, 0.2) is 0 Å². The van der Waals surface area contributed by atoms with E-state index >= 15 is 0 Å². The van der Waals surface area contributed by atoms with Crippen LogP contribution in [0.1, 0.15) is 22.8 Å². The Labute approximate surface area is 134 Å². The van der Waals surface area contributed by atoms with Gasteiger partial charge in [0.2, 0.25) is 10.0 Å². The molecular weight excluding hydrogens is 318 g/mol. The van der Waals surface area contributed by atoms with Crippen molar-refractivity contribution in [1.29, 1.82) is 0 Å². The number of nitrogens with zero attached hydrogens (tertiary/aromatic N) is 1. The number of nitrogens with one attached hydrogen (secondary N) is 1. The summed E-state index contributed by atoms with van der Waals surface area (Å²) in [5.41, 5.74) is 1.16. The van der Waals surface area contributed by atoms with Crippen molar-refractivity contribution in [1.82, 2.24) is 4.98 Å². The lowest BCUT2D eigenvalue weighted by Gasteiger charge is -2.10. The number of benzene rings is 1. The molecule has 0 radical (unpaired) electrons. The zero-order chi connectivity index (χ0) is 16.9. The molecule has 122 valence electrons. The van der Waals surface area contributed by atoms with Crippen LogP contribution in [0.15, 0.2) is 47.5 Å². The summed E-state index contributed by atoms with van der Waals surface area (Å²) in [5.74, 6) is -0.0471. The van der Waals surface area contributed by atoms with E-state index in [-0.39, 0.29) is 11.5 Å². The van der Waals surface area contributed by atoms with Gasteiger partial charge in [0, 0.05) is 12.7 Å². The SMILES string of the molecule is CCOC(=O)c1cccnc1NCc1ccc(S(N)(=O)=O)cc1. The Balaban J connectivity index is 2.11. The standard InChI is InChI=1S/C15H17N3O4S/c1-2-22-15(19)13-4-3-9-17-14(13)18-10-11-5-7-12(8-6-11)23(16,20)21/h3-9H,2,10H2,1H3,(H,17,18)(H2,16,20,21). The van der Waals surface area contributed by atoms with Gasteiger partial charge in [0.25, 0.3) is 0 Å². The maximum Gasteiger partial charge on any atom is 0.341 e. The van der Waals surface area contributed by atoms with Crippen LogP contribution in [-0.2, 0) is 21.3 Å². The lowest BCUT2D eigenvalue weighted by Crippen LogP contribution is -2.13. The predicted octanol–water partition coefficient (Wildman–Crippen LogP) is 1.52. The summed E-state index contributed by atoms with van der Waals surface area (Å²) in [4.78, 5) is 16.0. The zero-order valence-corrected chi connectivity index (χ0v) is 13.3. The van der Waals surface area contributed by atoms with Crippen molar-refractivity contribution >= 4 is 21.8 Å². The van der Waals surface area contributed by atoms with Crippen LogP contribution in [0.25, 0.3) is 0 Å². The normalized spacial score (nSPS) is 11.0. The van der Waals surface area contributed by atoms with E-state index in [4.69, 9.17) is 9.88 Å². The van der Waals surface area contributed by atoms with Crippen LogP contribution in [-0.4, -0.2) is 26.0 Å². The van der Waals surface area contributed by atoms with Crippen LogP contribution in [0, 0.1) is 0 Å². The molecule has 0 saturated carbocycles. The van der Waals surface area contributed by atoms with Gasteiger partial charge in [-0.1, -0.05) is 12.1 Å². The minimum atomic E-state index is -3.70. The summed E-state index contributed by atoms with van der Waals surface area (Å²) in [6.07, 6.45) is 1.56. The Morgan fingerprint density at radius 3 is 2.57 bits per heavy atom. The molecule has 0 spiro atoms. The number of rotatable bonds is 6. The van der Waals surface area contributed by atoms with Crippen molar-refractivity contribution in [2.45, 2.75) is 18.4 Å². The number of anilines is 1. The van der Waals surface area contributed by atoms with E-state index in [2.05, 4.69) is 10.3 Å². The Hall–Kier alpha value is -2.45. The summed E-state index contributed by atoms with van der Waals surface area (Å²) in [6.45, 7) is 2.38. The Morgan fingerprint density at radius 1 is 1.26 bits per heavy atom. The first-order chi connectivity index (χ1) is 10.9. The maximum atomic E-state index is 11.8. The van der Waals surface area contributed by atoms with Gasteiger partial charge in [-0.3, -0.25) is 0 Å². The van der Waals surface area contributed by atoms with Crippen LogP contribution < -0.4 is 10.5 Å². The molecule has 0 aliphatic rings. The number of sulfonamides is 1. The first kappa shape index (κ1) is 16.9. The van der Waals surface area contributed by atoms with Crippen molar-refractivity contribution in [2.24, 2.45) is 5.14 Å². The first-order valence-corrected chi connectivity index (χ1v) is 8.44. The van der Waals surface area contributed by atoms with Crippen LogP contribution in [0.4, 0.5) is 5.82 Å². The topological polar surface area (TPSA) is 111 Å². The monoisotopic (exact) mass is 335 g/mol. The average Bonchev–Trinajstić information content (AvgIpc) is 2.53.